The van der Waals surface area contributed by atoms with Crippen molar-refractivity contribution in [2.75, 3.05) is 24.6 Å². The molecule has 1 aliphatic heterocycles. The quantitative estimate of drug-likeness (QED) is 0.890. The van der Waals surface area contributed by atoms with Crippen LogP contribution in [0.5, 0.6) is 0 Å². The molecule has 1 fully saturated rings. The van der Waals surface area contributed by atoms with E-state index in [1.165, 1.54) is 11.3 Å². The van der Waals surface area contributed by atoms with Gasteiger partial charge in [0.1, 0.15) is 0 Å². The molecule has 126 valence electrons. The van der Waals surface area contributed by atoms with Gasteiger partial charge in [-0.2, -0.15) is 0 Å². The number of sulfone groups is 1. The minimum atomic E-state index is -3.02. The van der Waals surface area contributed by atoms with Gasteiger partial charge in [0.2, 0.25) is 0 Å². The third kappa shape index (κ3) is 3.49. The number of hydrogen-bond acceptors (Lipinski definition) is 5. The summed E-state index contributed by atoms with van der Waals surface area (Å²) in [5.41, 5.74) is 6.59. The molecule has 24 heavy (non-hydrogen) atoms. The number of carbonyl (C=O) groups is 2. The summed E-state index contributed by atoms with van der Waals surface area (Å²) in [5, 5.41) is 0. The van der Waals surface area contributed by atoms with Gasteiger partial charge < -0.3 is 10.6 Å². The Morgan fingerprint density at radius 1 is 1.08 bits per heavy atom. The summed E-state index contributed by atoms with van der Waals surface area (Å²) in [5.74, 6) is -0.650. The lowest BCUT2D eigenvalue weighted by molar-refractivity contribution is 0.0770. The monoisotopic (exact) mass is 364 g/mol. The van der Waals surface area contributed by atoms with E-state index in [1.807, 2.05) is 6.07 Å². The molecule has 2 aromatic rings. The molecule has 2 heterocycles. The van der Waals surface area contributed by atoms with E-state index in [-0.39, 0.29) is 30.5 Å². The fourth-order valence-corrected chi connectivity index (χ4v) is 4.58. The van der Waals surface area contributed by atoms with Crippen LogP contribution in [0.25, 0.3) is 10.4 Å². The van der Waals surface area contributed by atoms with Gasteiger partial charge in [0.05, 0.1) is 16.4 Å². The van der Waals surface area contributed by atoms with Crippen molar-refractivity contribution in [3.05, 3.63) is 46.8 Å². The van der Waals surface area contributed by atoms with Gasteiger partial charge in [0.15, 0.2) is 9.84 Å². The molecule has 0 saturated carbocycles. The Bertz CT molecular complexity index is 888. The summed E-state index contributed by atoms with van der Waals surface area (Å²) in [4.78, 5) is 26.6. The van der Waals surface area contributed by atoms with E-state index in [0.29, 0.717) is 10.4 Å². The van der Waals surface area contributed by atoms with Crippen LogP contribution in [-0.2, 0) is 9.84 Å². The Balaban J connectivity index is 1.82. The van der Waals surface area contributed by atoms with E-state index in [0.717, 1.165) is 10.4 Å². The average Bonchev–Trinajstić information content (AvgIpc) is 3.05. The number of rotatable bonds is 3. The molecule has 1 aliphatic rings. The van der Waals surface area contributed by atoms with Crippen molar-refractivity contribution < 1.29 is 18.0 Å². The summed E-state index contributed by atoms with van der Waals surface area (Å²) in [6.45, 7) is 0.437. The number of hydrogen-bond donors (Lipinski definition) is 1. The summed E-state index contributed by atoms with van der Waals surface area (Å²) < 4.78 is 23.0. The Hall–Kier alpha value is -2.19. The SMILES string of the molecule is NC(=O)c1ccc(-c2cccc(C(=O)N3CCS(=O)(=O)CC3)c2)s1. The molecule has 2 N–H and O–H groups in total. The first-order valence-corrected chi connectivity index (χ1v) is 9.99. The third-order valence-electron chi connectivity index (χ3n) is 3.87. The van der Waals surface area contributed by atoms with Gasteiger partial charge >= 0.3 is 0 Å². The highest BCUT2D eigenvalue weighted by molar-refractivity contribution is 7.91. The third-order valence-corrected chi connectivity index (χ3v) is 6.63. The molecule has 0 unspecified atom stereocenters. The highest BCUT2D eigenvalue weighted by Gasteiger charge is 2.25. The molecule has 1 saturated heterocycles. The molecule has 8 heteroatoms. The van der Waals surface area contributed by atoms with E-state index in [4.69, 9.17) is 5.73 Å². The molecule has 0 atom stereocenters. The second kappa shape index (κ2) is 6.37. The second-order valence-corrected chi connectivity index (χ2v) is 8.94. The lowest BCUT2D eigenvalue weighted by atomic mass is 10.1. The maximum absolute atomic E-state index is 12.6. The summed E-state index contributed by atoms with van der Waals surface area (Å²) in [6, 6.07) is 10.5. The predicted octanol–water partition coefficient (Wildman–Crippen LogP) is 1.38. The first-order chi connectivity index (χ1) is 11.4. The number of nitrogens with zero attached hydrogens (tertiary/aromatic N) is 1. The Labute approximate surface area is 143 Å². The number of nitrogens with two attached hydrogens (primary N) is 1. The summed E-state index contributed by atoms with van der Waals surface area (Å²) >= 11 is 1.27. The van der Waals surface area contributed by atoms with Crippen molar-refractivity contribution in [1.82, 2.24) is 4.90 Å². The van der Waals surface area contributed by atoms with Crippen LogP contribution in [0.3, 0.4) is 0 Å². The number of primary amides is 1. The zero-order valence-corrected chi connectivity index (χ0v) is 14.4. The lowest BCUT2D eigenvalue weighted by Gasteiger charge is -2.26. The first-order valence-electron chi connectivity index (χ1n) is 7.35. The van der Waals surface area contributed by atoms with E-state index in [1.54, 1.807) is 35.2 Å². The highest BCUT2D eigenvalue weighted by atomic mass is 32.2. The van der Waals surface area contributed by atoms with Crippen molar-refractivity contribution in [3.8, 4) is 10.4 Å². The number of thiophene rings is 1. The molecule has 3 rings (SSSR count). The van der Waals surface area contributed by atoms with Crippen LogP contribution in [0, 0.1) is 0 Å². The Morgan fingerprint density at radius 2 is 1.79 bits per heavy atom. The van der Waals surface area contributed by atoms with E-state index in [2.05, 4.69) is 0 Å². The molecule has 1 aromatic heterocycles. The van der Waals surface area contributed by atoms with Gasteiger partial charge in [0.25, 0.3) is 11.8 Å². The van der Waals surface area contributed by atoms with Crippen molar-refractivity contribution in [2.45, 2.75) is 0 Å². The van der Waals surface area contributed by atoms with Gasteiger partial charge in [-0.05, 0) is 29.8 Å². The van der Waals surface area contributed by atoms with E-state index in [9.17, 15) is 18.0 Å². The Morgan fingerprint density at radius 3 is 2.42 bits per heavy atom. The standard InChI is InChI=1S/C16H16N2O4S2/c17-15(19)14-5-4-13(23-14)11-2-1-3-12(10-11)16(20)18-6-8-24(21,22)9-7-18/h1-5,10H,6-9H2,(H2,17,19). The lowest BCUT2D eigenvalue weighted by Crippen LogP contribution is -2.43. The van der Waals surface area contributed by atoms with Crippen molar-refractivity contribution in [1.29, 1.82) is 0 Å². The maximum Gasteiger partial charge on any atom is 0.258 e. The summed E-state index contributed by atoms with van der Waals surface area (Å²) in [6.07, 6.45) is 0. The van der Waals surface area contributed by atoms with Crippen LogP contribution < -0.4 is 5.73 Å². The normalized spacial score (nSPS) is 16.8. The molecule has 0 spiro atoms. The predicted molar refractivity (Wildman–Crippen MR) is 92.8 cm³/mol. The fourth-order valence-electron chi connectivity index (χ4n) is 2.53. The van der Waals surface area contributed by atoms with Crippen LogP contribution in [0.2, 0.25) is 0 Å². The van der Waals surface area contributed by atoms with Crippen LogP contribution >= 0.6 is 11.3 Å². The molecule has 0 bridgehead atoms. The molecule has 1 aromatic carbocycles. The number of carbonyl (C=O) groups excluding carboxylic acids is 2. The number of benzene rings is 1. The van der Waals surface area contributed by atoms with Crippen LogP contribution in [0.15, 0.2) is 36.4 Å². The van der Waals surface area contributed by atoms with Crippen LogP contribution in [-0.4, -0.2) is 49.7 Å². The molecular formula is C16H16N2O4S2. The number of amides is 2. The minimum absolute atomic E-state index is 0.00528. The highest BCUT2D eigenvalue weighted by Crippen LogP contribution is 2.28. The molecule has 6 nitrogen and oxygen atoms in total. The second-order valence-electron chi connectivity index (χ2n) is 5.55. The zero-order valence-electron chi connectivity index (χ0n) is 12.8. The van der Waals surface area contributed by atoms with Crippen molar-refractivity contribution >= 4 is 33.0 Å². The van der Waals surface area contributed by atoms with Gasteiger partial charge in [-0.15, -0.1) is 11.3 Å². The zero-order chi connectivity index (χ0) is 17.3. The van der Waals surface area contributed by atoms with Crippen LogP contribution in [0.4, 0.5) is 0 Å². The first kappa shape index (κ1) is 16.7. The smallest absolute Gasteiger partial charge is 0.258 e. The van der Waals surface area contributed by atoms with Crippen molar-refractivity contribution in [2.24, 2.45) is 5.73 Å². The summed E-state index contributed by atoms with van der Waals surface area (Å²) in [7, 11) is -3.02. The molecule has 2 amide bonds. The van der Waals surface area contributed by atoms with Crippen molar-refractivity contribution in [3.63, 3.8) is 0 Å². The maximum atomic E-state index is 12.6. The fraction of sp³-hybridized carbons (Fsp3) is 0.250. The van der Waals surface area contributed by atoms with Crippen LogP contribution in [0.1, 0.15) is 20.0 Å². The average molecular weight is 364 g/mol. The van der Waals surface area contributed by atoms with Gasteiger partial charge in [-0.1, -0.05) is 12.1 Å². The van der Waals surface area contributed by atoms with Gasteiger partial charge in [-0.25, -0.2) is 8.42 Å². The molecule has 0 aliphatic carbocycles. The largest absolute Gasteiger partial charge is 0.365 e. The van der Waals surface area contributed by atoms with E-state index >= 15 is 0 Å². The molecule has 0 radical (unpaired) electrons. The van der Waals surface area contributed by atoms with E-state index < -0.39 is 15.7 Å². The molecular weight excluding hydrogens is 348 g/mol. The Kier molecular flexibility index (Phi) is 4.42. The van der Waals surface area contributed by atoms with Gasteiger partial charge in [-0.3, -0.25) is 9.59 Å². The van der Waals surface area contributed by atoms with Gasteiger partial charge in [0, 0.05) is 23.5 Å². The minimum Gasteiger partial charge on any atom is -0.365 e. The topological polar surface area (TPSA) is 97.5 Å².